The number of aromatic amines is 1. The van der Waals surface area contributed by atoms with Gasteiger partial charge in [-0.1, -0.05) is 18.5 Å². The topological polar surface area (TPSA) is 53.6 Å². The van der Waals surface area contributed by atoms with Crippen LogP contribution in [0, 0.1) is 0 Å². The lowest BCUT2D eigenvalue weighted by atomic mass is 10.1. The second-order valence-corrected chi connectivity index (χ2v) is 5.04. The molecular weight excluding hydrogens is 272 g/mol. The highest BCUT2D eigenvalue weighted by atomic mass is 35.5. The molecule has 0 radical (unpaired) electrons. The zero-order valence-corrected chi connectivity index (χ0v) is 11.9. The van der Waals surface area contributed by atoms with Crippen LogP contribution in [0.2, 0.25) is 5.02 Å². The maximum atomic E-state index is 6.01. The van der Waals surface area contributed by atoms with Crippen LogP contribution in [0.1, 0.15) is 25.2 Å². The summed E-state index contributed by atoms with van der Waals surface area (Å²) in [5.41, 5.74) is 1.92. The third-order valence-corrected chi connectivity index (χ3v) is 3.53. The van der Waals surface area contributed by atoms with Crippen LogP contribution in [0.4, 0.5) is 5.69 Å². The number of pyridine rings is 1. The van der Waals surface area contributed by atoms with Gasteiger partial charge in [-0.05, 0) is 30.7 Å². The SMILES string of the molecule is CCC(Nc1ccnc2cc(Cl)ccc12)c1ncc[nH]1. The van der Waals surface area contributed by atoms with Gasteiger partial charge in [0.25, 0.3) is 0 Å². The molecule has 0 saturated carbocycles. The number of anilines is 1. The Morgan fingerprint density at radius 1 is 1.25 bits per heavy atom. The maximum absolute atomic E-state index is 6.01. The fourth-order valence-electron chi connectivity index (χ4n) is 2.27. The van der Waals surface area contributed by atoms with Crippen LogP contribution < -0.4 is 5.32 Å². The average Bonchev–Trinajstić information content (AvgIpc) is 2.98. The third-order valence-electron chi connectivity index (χ3n) is 3.29. The maximum Gasteiger partial charge on any atom is 0.128 e. The monoisotopic (exact) mass is 286 g/mol. The average molecular weight is 287 g/mol. The van der Waals surface area contributed by atoms with Gasteiger partial charge in [0.2, 0.25) is 0 Å². The number of aromatic nitrogens is 3. The molecule has 20 heavy (non-hydrogen) atoms. The first-order chi connectivity index (χ1) is 9.78. The van der Waals surface area contributed by atoms with Crippen LogP contribution in [0.25, 0.3) is 10.9 Å². The second-order valence-electron chi connectivity index (χ2n) is 4.60. The molecule has 0 saturated heterocycles. The van der Waals surface area contributed by atoms with Crippen molar-refractivity contribution in [3.05, 3.63) is 53.7 Å². The first-order valence-corrected chi connectivity index (χ1v) is 6.96. The largest absolute Gasteiger partial charge is 0.375 e. The molecule has 0 fully saturated rings. The smallest absolute Gasteiger partial charge is 0.128 e. The number of rotatable bonds is 4. The molecule has 1 unspecified atom stereocenters. The van der Waals surface area contributed by atoms with Crippen LogP contribution in [0.3, 0.4) is 0 Å². The van der Waals surface area contributed by atoms with Crippen molar-refractivity contribution in [1.82, 2.24) is 15.0 Å². The Labute approximate surface area is 122 Å². The van der Waals surface area contributed by atoms with E-state index >= 15 is 0 Å². The normalized spacial score (nSPS) is 12.5. The molecular formula is C15H15ClN4. The fraction of sp³-hybridized carbons (Fsp3) is 0.200. The summed E-state index contributed by atoms with van der Waals surface area (Å²) in [5, 5.41) is 5.27. The summed E-state index contributed by atoms with van der Waals surface area (Å²) < 4.78 is 0. The van der Waals surface area contributed by atoms with E-state index in [2.05, 4.69) is 27.2 Å². The van der Waals surface area contributed by atoms with E-state index in [0.717, 1.165) is 28.8 Å². The molecule has 0 aliphatic rings. The number of imidazole rings is 1. The summed E-state index contributed by atoms with van der Waals surface area (Å²) in [6.07, 6.45) is 6.33. The molecule has 0 aliphatic carbocycles. The van der Waals surface area contributed by atoms with Crippen molar-refractivity contribution in [3.63, 3.8) is 0 Å². The lowest BCUT2D eigenvalue weighted by Crippen LogP contribution is -2.11. The zero-order chi connectivity index (χ0) is 13.9. The molecule has 0 amide bonds. The Morgan fingerprint density at radius 2 is 2.15 bits per heavy atom. The fourth-order valence-corrected chi connectivity index (χ4v) is 2.43. The number of nitrogens with zero attached hydrogens (tertiary/aromatic N) is 2. The van der Waals surface area contributed by atoms with Gasteiger partial charge < -0.3 is 10.3 Å². The highest BCUT2D eigenvalue weighted by molar-refractivity contribution is 6.31. The first-order valence-electron chi connectivity index (χ1n) is 6.58. The third kappa shape index (κ3) is 2.47. The molecule has 3 rings (SSSR count). The predicted octanol–water partition coefficient (Wildman–Crippen LogP) is 4.17. The van der Waals surface area contributed by atoms with Crippen molar-refractivity contribution < 1.29 is 0 Å². The predicted molar refractivity (Wildman–Crippen MR) is 82.0 cm³/mol. The number of halogens is 1. The van der Waals surface area contributed by atoms with E-state index in [1.807, 2.05) is 30.5 Å². The molecule has 5 heteroatoms. The number of nitrogens with one attached hydrogen (secondary N) is 2. The summed E-state index contributed by atoms with van der Waals surface area (Å²) >= 11 is 6.01. The van der Waals surface area contributed by atoms with Gasteiger partial charge in [0, 0.05) is 34.7 Å². The van der Waals surface area contributed by atoms with E-state index in [1.54, 1.807) is 12.4 Å². The summed E-state index contributed by atoms with van der Waals surface area (Å²) in [5.74, 6) is 0.937. The van der Waals surface area contributed by atoms with Gasteiger partial charge in [-0.15, -0.1) is 0 Å². The molecule has 2 aromatic heterocycles. The molecule has 0 bridgehead atoms. The van der Waals surface area contributed by atoms with Gasteiger partial charge in [0.05, 0.1) is 11.6 Å². The van der Waals surface area contributed by atoms with Gasteiger partial charge in [-0.25, -0.2) is 4.98 Å². The van der Waals surface area contributed by atoms with E-state index in [4.69, 9.17) is 11.6 Å². The van der Waals surface area contributed by atoms with Gasteiger partial charge in [-0.2, -0.15) is 0 Å². The van der Waals surface area contributed by atoms with E-state index in [9.17, 15) is 0 Å². The minimum absolute atomic E-state index is 0.145. The molecule has 4 nitrogen and oxygen atoms in total. The Hall–Kier alpha value is -2.07. The molecule has 0 aliphatic heterocycles. The Bertz CT molecular complexity index is 709. The standard InChI is InChI=1S/C15H15ClN4/c1-2-12(15-18-7-8-19-15)20-13-5-6-17-14-9-10(16)3-4-11(13)14/h3-9,12H,2H2,1H3,(H,17,20)(H,18,19). The molecule has 102 valence electrons. The molecule has 2 N–H and O–H groups in total. The van der Waals surface area contributed by atoms with Gasteiger partial charge >= 0.3 is 0 Å². The van der Waals surface area contributed by atoms with Crippen molar-refractivity contribution in [2.75, 3.05) is 5.32 Å². The molecule has 2 heterocycles. The van der Waals surface area contributed by atoms with Crippen LogP contribution in [-0.4, -0.2) is 15.0 Å². The van der Waals surface area contributed by atoms with Gasteiger partial charge in [0.1, 0.15) is 5.82 Å². The van der Waals surface area contributed by atoms with Crippen molar-refractivity contribution in [3.8, 4) is 0 Å². The summed E-state index contributed by atoms with van der Waals surface area (Å²) in [6.45, 7) is 2.13. The van der Waals surface area contributed by atoms with Crippen LogP contribution in [-0.2, 0) is 0 Å². The van der Waals surface area contributed by atoms with Crippen molar-refractivity contribution in [1.29, 1.82) is 0 Å². The van der Waals surface area contributed by atoms with Gasteiger partial charge in [0.15, 0.2) is 0 Å². The Kier molecular flexibility index (Phi) is 3.56. The lowest BCUT2D eigenvalue weighted by Gasteiger charge is -2.17. The van der Waals surface area contributed by atoms with E-state index in [-0.39, 0.29) is 6.04 Å². The molecule has 3 aromatic rings. The van der Waals surface area contributed by atoms with Crippen molar-refractivity contribution in [2.24, 2.45) is 0 Å². The van der Waals surface area contributed by atoms with Crippen LogP contribution >= 0.6 is 11.6 Å². The number of benzene rings is 1. The lowest BCUT2D eigenvalue weighted by molar-refractivity contribution is 0.705. The van der Waals surface area contributed by atoms with Gasteiger partial charge in [-0.3, -0.25) is 4.98 Å². The minimum atomic E-state index is 0.145. The summed E-state index contributed by atoms with van der Waals surface area (Å²) in [7, 11) is 0. The zero-order valence-electron chi connectivity index (χ0n) is 11.1. The van der Waals surface area contributed by atoms with Crippen LogP contribution in [0.15, 0.2) is 42.9 Å². The number of fused-ring (bicyclic) bond motifs is 1. The minimum Gasteiger partial charge on any atom is -0.375 e. The van der Waals surface area contributed by atoms with E-state index in [1.165, 1.54) is 0 Å². The second kappa shape index (κ2) is 5.51. The van der Waals surface area contributed by atoms with E-state index in [0.29, 0.717) is 5.02 Å². The highest BCUT2D eigenvalue weighted by Crippen LogP contribution is 2.27. The van der Waals surface area contributed by atoms with Crippen LogP contribution in [0.5, 0.6) is 0 Å². The highest BCUT2D eigenvalue weighted by Gasteiger charge is 2.13. The van der Waals surface area contributed by atoms with Crippen molar-refractivity contribution >= 4 is 28.2 Å². The quantitative estimate of drug-likeness (QED) is 0.757. The van der Waals surface area contributed by atoms with Crippen molar-refractivity contribution in [2.45, 2.75) is 19.4 Å². The molecule has 1 aromatic carbocycles. The first kappa shape index (κ1) is 12.9. The molecule has 1 atom stereocenters. The Morgan fingerprint density at radius 3 is 2.90 bits per heavy atom. The summed E-state index contributed by atoms with van der Waals surface area (Å²) in [6, 6.07) is 7.86. The summed E-state index contributed by atoms with van der Waals surface area (Å²) in [4.78, 5) is 11.8. The van der Waals surface area contributed by atoms with E-state index < -0.39 is 0 Å². The number of hydrogen-bond donors (Lipinski definition) is 2. The molecule has 0 spiro atoms. The number of H-pyrrole nitrogens is 1. The Balaban J connectivity index is 1.98. The number of hydrogen-bond acceptors (Lipinski definition) is 3.